The highest BCUT2D eigenvalue weighted by Gasteiger charge is 2.26. The number of amides is 1. The Morgan fingerprint density at radius 3 is 2.36 bits per heavy atom. The normalized spacial score (nSPS) is 20.0. The van der Waals surface area contributed by atoms with Crippen LogP contribution in [0.2, 0.25) is 0 Å². The van der Waals surface area contributed by atoms with Gasteiger partial charge < -0.3 is 9.64 Å². The third-order valence-electron chi connectivity index (χ3n) is 6.21. The number of rotatable bonds is 8. The molecule has 4 heteroatoms. The molecule has 0 radical (unpaired) electrons. The largest absolute Gasteiger partial charge is 0.378 e. The standard InChI is InChI=1S/C24H38N2O2/c1-20(2)19-28-23-12-14-25(15-13-23)18-24(27)26-16-10-22(11-17-26)9-8-21-6-4-3-5-7-21/h3-7,20,22-23H,8-19H2,1-2H3. The van der Waals surface area contributed by atoms with Crippen LogP contribution in [0, 0.1) is 11.8 Å². The summed E-state index contributed by atoms with van der Waals surface area (Å²) in [6.07, 6.45) is 7.22. The molecule has 0 N–H and O–H groups in total. The highest BCUT2D eigenvalue weighted by molar-refractivity contribution is 5.78. The molecule has 156 valence electrons. The van der Waals surface area contributed by atoms with Crippen LogP contribution in [0.3, 0.4) is 0 Å². The van der Waals surface area contributed by atoms with Gasteiger partial charge in [-0.2, -0.15) is 0 Å². The number of ether oxygens (including phenoxy) is 1. The van der Waals surface area contributed by atoms with Crippen molar-refractivity contribution in [2.45, 2.75) is 58.5 Å². The first-order valence-electron chi connectivity index (χ1n) is 11.3. The van der Waals surface area contributed by atoms with Gasteiger partial charge in [-0.15, -0.1) is 0 Å². The Morgan fingerprint density at radius 2 is 1.71 bits per heavy atom. The van der Waals surface area contributed by atoms with Crippen LogP contribution < -0.4 is 0 Å². The first kappa shape index (κ1) is 21.3. The van der Waals surface area contributed by atoms with Crippen molar-refractivity contribution < 1.29 is 9.53 Å². The van der Waals surface area contributed by atoms with E-state index < -0.39 is 0 Å². The second-order valence-electron chi connectivity index (χ2n) is 9.05. The molecule has 3 rings (SSSR count). The van der Waals surface area contributed by atoms with Gasteiger partial charge in [0.05, 0.1) is 12.6 Å². The molecule has 0 saturated carbocycles. The van der Waals surface area contributed by atoms with E-state index in [2.05, 4.69) is 54.0 Å². The number of carbonyl (C=O) groups excluding carboxylic acids is 1. The van der Waals surface area contributed by atoms with Crippen LogP contribution in [0.15, 0.2) is 30.3 Å². The summed E-state index contributed by atoms with van der Waals surface area (Å²) in [5, 5.41) is 0. The number of aryl methyl sites for hydroxylation is 1. The quantitative estimate of drug-likeness (QED) is 0.677. The van der Waals surface area contributed by atoms with E-state index in [1.54, 1.807) is 0 Å². The minimum atomic E-state index is 0.322. The summed E-state index contributed by atoms with van der Waals surface area (Å²) in [6.45, 7) is 9.67. The first-order valence-corrected chi connectivity index (χ1v) is 11.3. The van der Waals surface area contributed by atoms with Gasteiger partial charge in [0.15, 0.2) is 0 Å². The van der Waals surface area contributed by atoms with Gasteiger partial charge in [-0.1, -0.05) is 44.2 Å². The third kappa shape index (κ3) is 6.89. The zero-order valence-electron chi connectivity index (χ0n) is 17.8. The Labute approximate surface area is 171 Å². The van der Waals surface area contributed by atoms with Crippen molar-refractivity contribution in [1.82, 2.24) is 9.80 Å². The molecule has 1 aromatic carbocycles. The maximum atomic E-state index is 12.7. The summed E-state index contributed by atoms with van der Waals surface area (Å²) in [4.78, 5) is 17.1. The van der Waals surface area contributed by atoms with Crippen molar-refractivity contribution in [2.75, 3.05) is 39.3 Å². The monoisotopic (exact) mass is 386 g/mol. The molecular formula is C24H38N2O2. The number of piperidine rings is 2. The number of likely N-dealkylation sites (tertiary alicyclic amines) is 2. The van der Waals surface area contributed by atoms with E-state index in [4.69, 9.17) is 4.74 Å². The molecule has 0 spiro atoms. The maximum absolute atomic E-state index is 12.7. The smallest absolute Gasteiger partial charge is 0.236 e. The highest BCUT2D eigenvalue weighted by atomic mass is 16.5. The lowest BCUT2D eigenvalue weighted by Crippen LogP contribution is -2.47. The number of hydrogen-bond donors (Lipinski definition) is 0. The average Bonchev–Trinajstić information content (AvgIpc) is 2.73. The molecule has 2 aliphatic rings. The van der Waals surface area contributed by atoms with Gasteiger partial charge in [-0.05, 0) is 55.9 Å². The Morgan fingerprint density at radius 1 is 1.04 bits per heavy atom. The van der Waals surface area contributed by atoms with Crippen molar-refractivity contribution in [3.8, 4) is 0 Å². The van der Waals surface area contributed by atoms with Gasteiger partial charge in [-0.25, -0.2) is 0 Å². The van der Waals surface area contributed by atoms with Crippen LogP contribution >= 0.6 is 0 Å². The van der Waals surface area contributed by atoms with E-state index in [1.165, 1.54) is 12.0 Å². The Kier molecular flexibility index (Phi) is 8.35. The van der Waals surface area contributed by atoms with Crippen LogP contribution in [0.1, 0.15) is 51.5 Å². The van der Waals surface area contributed by atoms with Crippen LogP contribution in [-0.4, -0.2) is 61.1 Å². The second-order valence-corrected chi connectivity index (χ2v) is 9.05. The fourth-order valence-electron chi connectivity index (χ4n) is 4.34. The minimum absolute atomic E-state index is 0.322. The highest BCUT2D eigenvalue weighted by Crippen LogP contribution is 2.23. The minimum Gasteiger partial charge on any atom is -0.378 e. The molecule has 2 fully saturated rings. The molecule has 0 unspecified atom stereocenters. The predicted molar refractivity (Wildman–Crippen MR) is 114 cm³/mol. The summed E-state index contributed by atoms with van der Waals surface area (Å²) in [5.41, 5.74) is 1.43. The van der Waals surface area contributed by atoms with E-state index in [1.807, 2.05) is 0 Å². The van der Waals surface area contributed by atoms with Crippen molar-refractivity contribution in [3.05, 3.63) is 35.9 Å². The molecule has 0 bridgehead atoms. The number of nitrogens with zero attached hydrogens (tertiary/aromatic N) is 2. The predicted octanol–water partition coefficient (Wildman–Crippen LogP) is 3.99. The van der Waals surface area contributed by atoms with Gasteiger partial charge >= 0.3 is 0 Å². The Bertz CT molecular complexity index is 574. The number of carbonyl (C=O) groups is 1. The zero-order valence-corrected chi connectivity index (χ0v) is 17.8. The lowest BCUT2D eigenvalue weighted by atomic mass is 9.90. The van der Waals surface area contributed by atoms with E-state index >= 15 is 0 Å². The van der Waals surface area contributed by atoms with Crippen LogP contribution in [-0.2, 0) is 16.0 Å². The third-order valence-corrected chi connectivity index (χ3v) is 6.21. The Balaban J connectivity index is 1.31. The van der Waals surface area contributed by atoms with Crippen LogP contribution in [0.5, 0.6) is 0 Å². The molecule has 4 nitrogen and oxygen atoms in total. The Hall–Kier alpha value is -1.39. The van der Waals surface area contributed by atoms with Crippen LogP contribution in [0.4, 0.5) is 0 Å². The molecule has 1 aromatic rings. The van der Waals surface area contributed by atoms with E-state index in [0.717, 1.165) is 70.8 Å². The van der Waals surface area contributed by atoms with Crippen molar-refractivity contribution in [1.29, 1.82) is 0 Å². The average molecular weight is 387 g/mol. The van der Waals surface area contributed by atoms with Gasteiger partial charge in [0.25, 0.3) is 0 Å². The van der Waals surface area contributed by atoms with Crippen molar-refractivity contribution in [2.24, 2.45) is 11.8 Å². The number of hydrogen-bond acceptors (Lipinski definition) is 3. The fourth-order valence-corrected chi connectivity index (χ4v) is 4.34. The zero-order chi connectivity index (χ0) is 19.8. The fraction of sp³-hybridized carbons (Fsp3) is 0.708. The van der Waals surface area contributed by atoms with Crippen molar-refractivity contribution in [3.63, 3.8) is 0 Å². The molecule has 28 heavy (non-hydrogen) atoms. The van der Waals surface area contributed by atoms with Gasteiger partial charge in [0.1, 0.15) is 0 Å². The first-order chi connectivity index (χ1) is 13.6. The van der Waals surface area contributed by atoms with Gasteiger partial charge in [-0.3, -0.25) is 9.69 Å². The number of benzene rings is 1. The molecule has 0 atom stereocenters. The molecule has 2 aliphatic heterocycles. The molecule has 2 heterocycles. The second kappa shape index (κ2) is 11.0. The molecule has 2 saturated heterocycles. The molecular weight excluding hydrogens is 348 g/mol. The summed E-state index contributed by atoms with van der Waals surface area (Å²) in [6, 6.07) is 10.8. The van der Waals surface area contributed by atoms with Gasteiger partial charge in [0, 0.05) is 32.8 Å². The lowest BCUT2D eigenvalue weighted by molar-refractivity contribution is -0.134. The molecule has 1 amide bonds. The van der Waals surface area contributed by atoms with Gasteiger partial charge in [0.2, 0.25) is 5.91 Å². The van der Waals surface area contributed by atoms with E-state index in [-0.39, 0.29) is 0 Å². The summed E-state index contributed by atoms with van der Waals surface area (Å²) in [7, 11) is 0. The lowest BCUT2D eigenvalue weighted by Gasteiger charge is -2.36. The topological polar surface area (TPSA) is 32.8 Å². The summed E-state index contributed by atoms with van der Waals surface area (Å²) >= 11 is 0. The maximum Gasteiger partial charge on any atom is 0.236 e. The summed E-state index contributed by atoms with van der Waals surface area (Å²) < 4.78 is 5.96. The van der Waals surface area contributed by atoms with E-state index in [9.17, 15) is 4.79 Å². The SMILES string of the molecule is CC(C)COC1CCN(CC(=O)N2CCC(CCc3ccccc3)CC2)CC1. The molecule has 0 aromatic heterocycles. The van der Waals surface area contributed by atoms with Crippen LogP contribution in [0.25, 0.3) is 0 Å². The molecule has 0 aliphatic carbocycles. The summed E-state index contributed by atoms with van der Waals surface area (Å²) in [5.74, 6) is 1.68. The van der Waals surface area contributed by atoms with Crippen molar-refractivity contribution >= 4 is 5.91 Å². The van der Waals surface area contributed by atoms with E-state index in [0.29, 0.717) is 24.5 Å².